The summed E-state index contributed by atoms with van der Waals surface area (Å²) in [4.78, 5) is 4.11. The number of nitrogens with zero attached hydrogens (tertiary/aromatic N) is 1. The molecule has 0 unspecified atom stereocenters. The Kier molecular flexibility index (Phi) is 10.2. The molecular formula is C12H22IN3O. The zero-order valence-electron chi connectivity index (χ0n) is 10.4. The van der Waals surface area contributed by atoms with E-state index < -0.39 is 0 Å². The van der Waals surface area contributed by atoms with E-state index in [-0.39, 0.29) is 24.0 Å². The highest BCUT2D eigenvalue weighted by Gasteiger charge is 2.03. The maximum Gasteiger partial charge on any atom is 0.191 e. The van der Waals surface area contributed by atoms with Gasteiger partial charge in [-0.05, 0) is 12.8 Å². The topological polar surface area (TPSA) is 45.7 Å². The summed E-state index contributed by atoms with van der Waals surface area (Å²) in [5.74, 6) is 0.826. The van der Waals surface area contributed by atoms with Crippen LogP contribution >= 0.6 is 24.0 Å². The van der Waals surface area contributed by atoms with Crippen LogP contribution in [0.2, 0.25) is 0 Å². The van der Waals surface area contributed by atoms with Crippen molar-refractivity contribution in [2.75, 3.05) is 33.4 Å². The van der Waals surface area contributed by atoms with Crippen molar-refractivity contribution in [3.8, 4) is 0 Å². The maximum absolute atomic E-state index is 5.26. The van der Waals surface area contributed by atoms with Crippen LogP contribution in [0.1, 0.15) is 12.8 Å². The van der Waals surface area contributed by atoms with Crippen LogP contribution in [-0.2, 0) is 4.74 Å². The van der Waals surface area contributed by atoms with Crippen molar-refractivity contribution in [1.29, 1.82) is 0 Å². The first-order valence-electron chi connectivity index (χ1n) is 5.68. The Hall–Kier alpha value is -0.560. The van der Waals surface area contributed by atoms with Crippen molar-refractivity contribution < 1.29 is 4.74 Å². The lowest BCUT2D eigenvalue weighted by molar-refractivity contribution is 0.153. The van der Waals surface area contributed by atoms with Crippen LogP contribution in [0.3, 0.4) is 0 Å². The minimum Gasteiger partial charge on any atom is -0.377 e. The van der Waals surface area contributed by atoms with Gasteiger partial charge in [-0.1, -0.05) is 17.7 Å². The van der Waals surface area contributed by atoms with Crippen molar-refractivity contribution in [2.24, 2.45) is 4.99 Å². The first kappa shape index (κ1) is 16.4. The standard InChI is InChI=1S/C12H21N3O.HI/c1-3-7-14-12(13-2)15-8-4-11-5-9-16-10-6-11;/h3,5H,1,4,6-10H2,2H3,(H2,13,14,15);1H. The van der Waals surface area contributed by atoms with E-state index in [9.17, 15) is 0 Å². The number of nitrogens with one attached hydrogen (secondary N) is 2. The second kappa shape index (κ2) is 10.6. The van der Waals surface area contributed by atoms with E-state index >= 15 is 0 Å². The quantitative estimate of drug-likeness (QED) is 0.343. The Labute approximate surface area is 121 Å². The molecule has 1 aliphatic heterocycles. The number of rotatable bonds is 5. The molecule has 17 heavy (non-hydrogen) atoms. The van der Waals surface area contributed by atoms with Crippen LogP contribution in [0.4, 0.5) is 0 Å². The zero-order chi connectivity index (χ0) is 11.6. The van der Waals surface area contributed by atoms with Gasteiger partial charge in [-0.15, -0.1) is 30.6 Å². The highest BCUT2D eigenvalue weighted by molar-refractivity contribution is 14.0. The van der Waals surface area contributed by atoms with E-state index in [2.05, 4.69) is 28.3 Å². The molecule has 4 nitrogen and oxygen atoms in total. The number of hydrogen-bond acceptors (Lipinski definition) is 2. The van der Waals surface area contributed by atoms with Gasteiger partial charge in [-0.2, -0.15) is 0 Å². The summed E-state index contributed by atoms with van der Waals surface area (Å²) < 4.78 is 5.26. The summed E-state index contributed by atoms with van der Waals surface area (Å²) in [5.41, 5.74) is 1.47. The predicted octanol–water partition coefficient (Wildman–Crippen LogP) is 1.69. The lowest BCUT2D eigenvalue weighted by Gasteiger charge is -2.15. The summed E-state index contributed by atoms with van der Waals surface area (Å²) in [6, 6.07) is 0. The lowest BCUT2D eigenvalue weighted by atomic mass is 10.1. The third-order valence-corrected chi connectivity index (χ3v) is 2.43. The third-order valence-electron chi connectivity index (χ3n) is 2.43. The van der Waals surface area contributed by atoms with E-state index in [0.717, 1.165) is 45.1 Å². The average molecular weight is 351 g/mol. The largest absolute Gasteiger partial charge is 0.377 e. The maximum atomic E-state index is 5.26. The molecule has 1 heterocycles. The molecule has 0 amide bonds. The molecule has 0 aliphatic carbocycles. The molecule has 1 rings (SSSR count). The molecule has 0 fully saturated rings. The minimum absolute atomic E-state index is 0. The van der Waals surface area contributed by atoms with Crippen molar-refractivity contribution in [2.45, 2.75) is 12.8 Å². The molecule has 0 aromatic heterocycles. The van der Waals surface area contributed by atoms with Crippen LogP contribution in [-0.4, -0.2) is 39.3 Å². The van der Waals surface area contributed by atoms with Gasteiger partial charge in [0.05, 0.1) is 13.2 Å². The Balaban J connectivity index is 0.00000256. The second-order valence-corrected chi connectivity index (χ2v) is 3.61. The summed E-state index contributed by atoms with van der Waals surface area (Å²) in [7, 11) is 1.77. The van der Waals surface area contributed by atoms with E-state index in [0.29, 0.717) is 0 Å². The van der Waals surface area contributed by atoms with Crippen molar-refractivity contribution in [3.05, 3.63) is 24.3 Å². The Morgan fingerprint density at radius 3 is 3.00 bits per heavy atom. The molecule has 0 spiro atoms. The van der Waals surface area contributed by atoms with Gasteiger partial charge in [0.25, 0.3) is 0 Å². The second-order valence-electron chi connectivity index (χ2n) is 3.61. The summed E-state index contributed by atoms with van der Waals surface area (Å²) in [5, 5.41) is 6.39. The molecule has 1 aliphatic rings. The van der Waals surface area contributed by atoms with E-state index in [1.54, 1.807) is 7.05 Å². The van der Waals surface area contributed by atoms with Gasteiger partial charge in [0.2, 0.25) is 0 Å². The highest BCUT2D eigenvalue weighted by Crippen LogP contribution is 2.10. The molecular weight excluding hydrogens is 329 g/mol. The van der Waals surface area contributed by atoms with E-state index in [1.807, 2.05) is 6.08 Å². The average Bonchev–Trinajstić information content (AvgIpc) is 2.35. The minimum atomic E-state index is 0. The SMILES string of the molecule is C=CCNC(=NC)NCCC1=CCOCC1.I. The van der Waals surface area contributed by atoms with Gasteiger partial charge in [-0.3, -0.25) is 4.99 Å². The molecule has 0 saturated carbocycles. The van der Waals surface area contributed by atoms with Crippen molar-refractivity contribution in [1.82, 2.24) is 10.6 Å². The van der Waals surface area contributed by atoms with Gasteiger partial charge in [-0.25, -0.2) is 0 Å². The van der Waals surface area contributed by atoms with Crippen LogP contribution in [0.25, 0.3) is 0 Å². The van der Waals surface area contributed by atoms with Gasteiger partial charge < -0.3 is 15.4 Å². The summed E-state index contributed by atoms with van der Waals surface area (Å²) in [6.45, 7) is 6.91. The smallest absolute Gasteiger partial charge is 0.191 e. The fourth-order valence-corrected chi connectivity index (χ4v) is 1.52. The fraction of sp³-hybridized carbons (Fsp3) is 0.583. The van der Waals surface area contributed by atoms with Gasteiger partial charge in [0.1, 0.15) is 0 Å². The summed E-state index contributed by atoms with van der Waals surface area (Å²) >= 11 is 0. The van der Waals surface area contributed by atoms with Crippen LogP contribution < -0.4 is 10.6 Å². The summed E-state index contributed by atoms with van der Waals surface area (Å²) in [6.07, 6.45) is 6.09. The van der Waals surface area contributed by atoms with Gasteiger partial charge in [0.15, 0.2) is 5.96 Å². The molecule has 0 radical (unpaired) electrons. The van der Waals surface area contributed by atoms with E-state index in [4.69, 9.17) is 4.74 Å². The number of hydrogen-bond donors (Lipinski definition) is 2. The monoisotopic (exact) mass is 351 g/mol. The van der Waals surface area contributed by atoms with Gasteiger partial charge >= 0.3 is 0 Å². The lowest BCUT2D eigenvalue weighted by Crippen LogP contribution is -2.37. The highest BCUT2D eigenvalue weighted by atomic mass is 127. The zero-order valence-corrected chi connectivity index (χ0v) is 12.7. The molecule has 0 saturated heterocycles. The molecule has 0 atom stereocenters. The molecule has 0 aromatic rings. The normalized spacial score (nSPS) is 15.6. The first-order chi connectivity index (χ1) is 7.86. The Morgan fingerprint density at radius 1 is 1.59 bits per heavy atom. The Bertz CT molecular complexity index is 277. The Morgan fingerprint density at radius 2 is 2.41 bits per heavy atom. The first-order valence-corrected chi connectivity index (χ1v) is 5.68. The number of aliphatic imine (C=N–C) groups is 1. The third kappa shape index (κ3) is 7.38. The van der Waals surface area contributed by atoms with Crippen LogP contribution in [0.15, 0.2) is 29.3 Å². The van der Waals surface area contributed by atoms with Crippen molar-refractivity contribution >= 4 is 29.9 Å². The van der Waals surface area contributed by atoms with Crippen LogP contribution in [0.5, 0.6) is 0 Å². The number of guanidine groups is 1. The van der Waals surface area contributed by atoms with Crippen molar-refractivity contribution in [3.63, 3.8) is 0 Å². The van der Waals surface area contributed by atoms with E-state index in [1.165, 1.54) is 5.57 Å². The molecule has 2 N–H and O–H groups in total. The number of ether oxygens (including phenoxy) is 1. The number of halogens is 1. The van der Waals surface area contributed by atoms with Gasteiger partial charge in [0, 0.05) is 20.1 Å². The van der Waals surface area contributed by atoms with Crippen LogP contribution in [0, 0.1) is 0 Å². The molecule has 5 heteroatoms. The fourth-order valence-electron chi connectivity index (χ4n) is 1.52. The predicted molar refractivity (Wildman–Crippen MR) is 83.1 cm³/mol. The molecule has 0 aromatic carbocycles. The molecule has 0 bridgehead atoms. The molecule has 98 valence electrons.